The van der Waals surface area contributed by atoms with E-state index in [1.54, 1.807) is 0 Å². The summed E-state index contributed by atoms with van der Waals surface area (Å²) in [6.07, 6.45) is 7.15. The Labute approximate surface area is 114 Å². The molecule has 2 rings (SSSR count). The van der Waals surface area contributed by atoms with Crippen LogP contribution in [0.3, 0.4) is 0 Å². The Hall–Kier alpha value is -0.540. The zero-order valence-corrected chi connectivity index (χ0v) is 12.2. The van der Waals surface area contributed by atoms with Crippen LogP contribution in [0.2, 0.25) is 0 Å². The van der Waals surface area contributed by atoms with Gasteiger partial charge < -0.3 is 5.11 Å². The highest BCUT2D eigenvalue weighted by atomic mass is 32.2. The number of thioether (sulfide) groups is 1. The fourth-order valence-corrected chi connectivity index (χ4v) is 3.79. The van der Waals surface area contributed by atoms with Crippen LogP contribution in [0, 0.1) is 6.92 Å². The molecule has 1 aliphatic rings. The minimum Gasteiger partial charge on any atom is -0.388 e. The molecule has 2 nitrogen and oxygen atoms in total. The first-order valence-corrected chi connectivity index (χ1v) is 7.91. The summed E-state index contributed by atoms with van der Waals surface area (Å²) < 4.78 is 0. The molecule has 1 atom stereocenters. The monoisotopic (exact) mass is 265 g/mol. The van der Waals surface area contributed by atoms with Crippen LogP contribution >= 0.6 is 11.8 Å². The average molecular weight is 265 g/mol. The van der Waals surface area contributed by atoms with Crippen molar-refractivity contribution in [3.05, 3.63) is 23.4 Å². The first-order valence-electron chi connectivity index (χ1n) is 7.03. The molecule has 1 fully saturated rings. The van der Waals surface area contributed by atoms with E-state index in [1.165, 1.54) is 32.1 Å². The summed E-state index contributed by atoms with van der Waals surface area (Å²) in [7, 11) is 0. The first-order chi connectivity index (χ1) is 8.70. The Kier molecular flexibility index (Phi) is 5.07. The summed E-state index contributed by atoms with van der Waals surface area (Å²) in [5.41, 5.74) is 1.95. The molecular weight excluding hydrogens is 242 g/mol. The summed E-state index contributed by atoms with van der Waals surface area (Å²) >= 11 is 1.91. The highest BCUT2D eigenvalue weighted by Crippen LogP contribution is 2.33. The van der Waals surface area contributed by atoms with Crippen LogP contribution in [0.4, 0.5) is 0 Å². The van der Waals surface area contributed by atoms with Gasteiger partial charge in [-0.1, -0.05) is 32.3 Å². The highest BCUT2D eigenvalue weighted by Gasteiger charge is 2.16. The average Bonchev–Trinajstić information content (AvgIpc) is 2.39. The lowest BCUT2D eigenvalue weighted by Crippen LogP contribution is -2.08. The van der Waals surface area contributed by atoms with Crippen LogP contribution in [0.15, 0.2) is 17.2 Å². The van der Waals surface area contributed by atoms with Gasteiger partial charge >= 0.3 is 0 Å². The van der Waals surface area contributed by atoms with Gasteiger partial charge in [-0.15, -0.1) is 11.8 Å². The third kappa shape index (κ3) is 3.48. The molecule has 0 aromatic carbocycles. The summed E-state index contributed by atoms with van der Waals surface area (Å²) in [6.45, 7) is 3.99. The maximum atomic E-state index is 9.88. The van der Waals surface area contributed by atoms with Crippen molar-refractivity contribution in [3.63, 3.8) is 0 Å². The lowest BCUT2D eigenvalue weighted by atomic mass is 10.0. The summed E-state index contributed by atoms with van der Waals surface area (Å²) in [5.74, 6) is 0. The minimum absolute atomic E-state index is 0.369. The number of aryl methyl sites for hydroxylation is 1. The number of pyridine rings is 1. The smallest absolute Gasteiger partial charge is 0.0965 e. The van der Waals surface area contributed by atoms with E-state index < -0.39 is 0 Å². The third-order valence-electron chi connectivity index (χ3n) is 3.69. The van der Waals surface area contributed by atoms with Crippen molar-refractivity contribution in [3.8, 4) is 0 Å². The number of hydrogen-bond donors (Lipinski definition) is 1. The molecule has 100 valence electrons. The summed E-state index contributed by atoms with van der Waals surface area (Å²) in [6, 6.07) is 4.11. The highest BCUT2D eigenvalue weighted by molar-refractivity contribution is 7.99. The van der Waals surface area contributed by atoms with Crippen LogP contribution in [-0.2, 0) is 0 Å². The number of aliphatic hydroxyl groups is 1. The molecule has 18 heavy (non-hydrogen) atoms. The number of rotatable bonds is 4. The lowest BCUT2D eigenvalue weighted by molar-refractivity contribution is 0.172. The second-order valence-electron chi connectivity index (χ2n) is 5.13. The fraction of sp³-hybridized carbons (Fsp3) is 0.667. The van der Waals surface area contributed by atoms with Gasteiger partial charge in [0.25, 0.3) is 0 Å². The van der Waals surface area contributed by atoms with Crippen LogP contribution in [0.1, 0.15) is 62.8 Å². The van der Waals surface area contributed by atoms with Crippen LogP contribution in [-0.4, -0.2) is 15.3 Å². The number of aromatic nitrogens is 1. The van der Waals surface area contributed by atoms with Gasteiger partial charge in [0.2, 0.25) is 0 Å². The van der Waals surface area contributed by atoms with Gasteiger partial charge in [0.15, 0.2) is 0 Å². The molecule has 0 unspecified atom stereocenters. The molecule has 0 bridgehead atoms. The van der Waals surface area contributed by atoms with Crippen LogP contribution in [0.5, 0.6) is 0 Å². The Bertz CT molecular complexity index is 388. The molecule has 1 aliphatic carbocycles. The molecule has 1 saturated carbocycles. The zero-order chi connectivity index (χ0) is 13.0. The van der Waals surface area contributed by atoms with Gasteiger partial charge in [0, 0.05) is 16.5 Å². The molecule has 0 aliphatic heterocycles. The van der Waals surface area contributed by atoms with Crippen molar-refractivity contribution >= 4 is 11.8 Å². The van der Waals surface area contributed by atoms with E-state index in [-0.39, 0.29) is 6.10 Å². The Balaban J connectivity index is 2.03. The molecule has 1 N–H and O–H groups in total. The van der Waals surface area contributed by atoms with Gasteiger partial charge in [-0.05, 0) is 32.3 Å². The van der Waals surface area contributed by atoms with E-state index in [0.717, 1.165) is 28.0 Å². The van der Waals surface area contributed by atoms with Gasteiger partial charge in [-0.2, -0.15) is 0 Å². The quantitative estimate of drug-likeness (QED) is 0.883. The number of hydrogen-bond acceptors (Lipinski definition) is 3. The summed E-state index contributed by atoms with van der Waals surface area (Å²) in [5, 5.41) is 11.7. The molecule has 0 radical (unpaired) electrons. The second kappa shape index (κ2) is 6.58. The molecule has 1 aromatic rings. The van der Waals surface area contributed by atoms with Gasteiger partial charge in [-0.25, -0.2) is 4.98 Å². The summed E-state index contributed by atoms with van der Waals surface area (Å²) in [4.78, 5) is 4.64. The standard InChI is InChI=1S/C15H23NOS/c1-3-14(17)13-9-10-15(16-11(13)2)18-12-7-5-4-6-8-12/h9-10,12,14,17H,3-8H2,1-2H3/t14-/m0/s1. The number of nitrogens with zero attached hydrogens (tertiary/aromatic N) is 1. The SMILES string of the molecule is CC[C@H](O)c1ccc(SC2CCCCC2)nc1C. The predicted molar refractivity (Wildman–Crippen MR) is 77.0 cm³/mol. The van der Waals surface area contributed by atoms with Gasteiger partial charge in [0.05, 0.1) is 11.1 Å². The van der Waals surface area contributed by atoms with Crippen molar-refractivity contribution in [2.75, 3.05) is 0 Å². The van der Waals surface area contributed by atoms with Crippen molar-refractivity contribution in [2.45, 2.75) is 68.8 Å². The molecule has 0 amide bonds. The lowest BCUT2D eigenvalue weighted by Gasteiger charge is -2.21. The van der Waals surface area contributed by atoms with E-state index in [4.69, 9.17) is 0 Å². The van der Waals surface area contributed by atoms with Gasteiger partial charge in [-0.3, -0.25) is 0 Å². The van der Waals surface area contributed by atoms with E-state index in [9.17, 15) is 5.11 Å². The van der Waals surface area contributed by atoms with E-state index in [0.29, 0.717) is 0 Å². The van der Waals surface area contributed by atoms with E-state index >= 15 is 0 Å². The maximum Gasteiger partial charge on any atom is 0.0965 e. The minimum atomic E-state index is -0.369. The molecular formula is C15H23NOS. The zero-order valence-electron chi connectivity index (χ0n) is 11.4. The third-order valence-corrected chi connectivity index (χ3v) is 4.96. The van der Waals surface area contributed by atoms with Crippen molar-refractivity contribution in [2.24, 2.45) is 0 Å². The van der Waals surface area contributed by atoms with E-state index in [1.807, 2.05) is 31.7 Å². The molecule has 1 heterocycles. The molecule has 3 heteroatoms. The van der Waals surface area contributed by atoms with Crippen molar-refractivity contribution in [1.82, 2.24) is 4.98 Å². The topological polar surface area (TPSA) is 33.1 Å². The number of aliphatic hydroxyl groups excluding tert-OH is 1. The van der Waals surface area contributed by atoms with Crippen LogP contribution in [0.25, 0.3) is 0 Å². The normalized spacial score (nSPS) is 18.8. The fourth-order valence-electron chi connectivity index (χ4n) is 2.54. The Morgan fingerprint density at radius 1 is 1.33 bits per heavy atom. The van der Waals surface area contributed by atoms with Crippen molar-refractivity contribution in [1.29, 1.82) is 0 Å². The van der Waals surface area contributed by atoms with Crippen LogP contribution < -0.4 is 0 Å². The van der Waals surface area contributed by atoms with E-state index in [2.05, 4.69) is 11.1 Å². The largest absolute Gasteiger partial charge is 0.388 e. The second-order valence-corrected chi connectivity index (χ2v) is 6.45. The molecule has 1 aromatic heterocycles. The Morgan fingerprint density at radius 3 is 2.67 bits per heavy atom. The van der Waals surface area contributed by atoms with Crippen molar-refractivity contribution < 1.29 is 5.11 Å². The first kappa shape index (κ1) is 13.9. The van der Waals surface area contributed by atoms with Gasteiger partial charge in [0.1, 0.15) is 0 Å². The molecule has 0 spiro atoms. The Morgan fingerprint density at radius 2 is 2.06 bits per heavy atom. The molecule has 0 saturated heterocycles. The predicted octanol–water partition coefficient (Wildman–Crippen LogP) is 4.26. The maximum absolute atomic E-state index is 9.88.